The molecule has 0 amide bonds. The van der Waals surface area contributed by atoms with Crippen LogP contribution in [-0.4, -0.2) is 68.3 Å². The SMILES string of the molecule is CCOC(=O)COc1ccc(OCCCCN2CCN(c3ccccc3C)CC2)cc1[N+](=O)[O-]. The zero-order chi connectivity index (χ0) is 24.3. The molecule has 1 aliphatic heterocycles. The summed E-state index contributed by atoms with van der Waals surface area (Å²) in [6, 6.07) is 12.9. The van der Waals surface area contributed by atoms with E-state index in [1.165, 1.54) is 23.4 Å². The van der Waals surface area contributed by atoms with Gasteiger partial charge in [0.1, 0.15) is 5.75 Å². The summed E-state index contributed by atoms with van der Waals surface area (Å²) in [6.07, 6.45) is 1.85. The monoisotopic (exact) mass is 471 g/mol. The summed E-state index contributed by atoms with van der Waals surface area (Å²) in [5, 5.41) is 11.4. The van der Waals surface area contributed by atoms with Crippen LogP contribution in [0.15, 0.2) is 42.5 Å². The van der Waals surface area contributed by atoms with Gasteiger partial charge in [0.05, 0.1) is 24.2 Å². The van der Waals surface area contributed by atoms with E-state index in [4.69, 9.17) is 14.2 Å². The molecule has 1 aliphatic rings. The molecule has 34 heavy (non-hydrogen) atoms. The maximum absolute atomic E-state index is 11.4. The van der Waals surface area contributed by atoms with Gasteiger partial charge in [0, 0.05) is 31.9 Å². The van der Waals surface area contributed by atoms with Crippen LogP contribution >= 0.6 is 0 Å². The second kappa shape index (κ2) is 12.8. The van der Waals surface area contributed by atoms with Crippen molar-refractivity contribution in [2.24, 2.45) is 0 Å². The Morgan fingerprint density at radius 3 is 2.53 bits per heavy atom. The molecule has 0 atom stereocenters. The lowest BCUT2D eigenvalue weighted by Gasteiger charge is -2.36. The molecule has 0 bridgehead atoms. The zero-order valence-corrected chi connectivity index (χ0v) is 19.9. The number of aryl methyl sites for hydroxylation is 1. The van der Waals surface area contributed by atoms with E-state index in [0.717, 1.165) is 45.6 Å². The van der Waals surface area contributed by atoms with Gasteiger partial charge in [0.25, 0.3) is 0 Å². The number of rotatable bonds is 12. The van der Waals surface area contributed by atoms with Gasteiger partial charge in [-0.1, -0.05) is 18.2 Å². The number of hydrogen-bond acceptors (Lipinski definition) is 8. The fraction of sp³-hybridized carbons (Fsp3) is 0.480. The number of unbranched alkanes of at least 4 members (excludes halogenated alkanes) is 1. The molecular weight excluding hydrogens is 438 g/mol. The van der Waals surface area contributed by atoms with Gasteiger partial charge in [-0.25, -0.2) is 4.79 Å². The fourth-order valence-corrected chi connectivity index (χ4v) is 3.95. The van der Waals surface area contributed by atoms with Crippen molar-refractivity contribution in [1.82, 2.24) is 4.90 Å². The van der Waals surface area contributed by atoms with Gasteiger partial charge in [-0.05, 0) is 57.0 Å². The van der Waals surface area contributed by atoms with Crippen molar-refractivity contribution in [3.05, 3.63) is 58.1 Å². The number of nitro groups is 1. The molecule has 2 aromatic rings. The fourth-order valence-electron chi connectivity index (χ4n) is 3.95. The third-order valence-electron chi connectivity index (χ3n) is 5.74. The van der Waals surface area contributed by atoms with Crippen LogP contribution in [0.2, 0.25) is 0 Å². The summed E-state index contributed by atoms with van der Waals surface area (Å²) >= 11 is 0. The number of ether oxygens (including phenoxy) is 3. The predicted octanol–water partition coefficient (Wildman–Crippen LogP) is 3.83. The van der Waals surface area contributed by atoms with Gasteiger partial charge in [0.15, 0.2) is 12.4 Å². The van der Waals surface area contributed by atoms with E-state index < -0.39 is 10.9 Å². The molecule has 0 N–H and O–H groups in total. The standard InChI is InChI=1S/C25H33N3O6/c1-3-32-25(29)19-34-24-11-10-21(18-23(24)28(30)31)33-17-7-6-12-26-13-15-27(16-14-26)22-9-5-4-8-20(22)2/h4-5,8-11,18H,3,6-7,12-17,19H2,1-2H3. The second-order valence-electron chi connectivity index (χ2n) is 8.15. The Bertz CT molecular complexity index is 959. The Morgan fingerprint density at radius 1 is 1.06 bits per heavy atom. The molecule has 0 saturated carbocycles. The summed E-state index contributed by atoms with van der Waals surface area (Å²) in [6.45, 7) is 9.28. The average Bonchev–Trinajstić information content (AvgIpc) is 2.84. The highest BCUT2D eigenvalue weighted by Gasteiger charge is 2.19. The number of carbonyl (C=O) groups excluding carboxylic acids is 1. The molecule has 0 unspecified atom stereocenters. The number of piperazine rings is 1. The summed E-state index contributed by atoms with van der Waals surface area (Å²) < 4.78 is 15.7. The molecule has 3 rings (SSSR count). The van der Waals surface area contributed by atoms with Crippen LogP contribution in [0.1, 0.15) is 25.3 Å². The minimum Gasteiger partial charge on any atom is -0.493 e. The van der Waals surface area contributed by atoms with Gasteiger partial charge in [-0.15, -0.1) is 0 Å². The molecule has 9 nitrogen and oxygen atoms in total. The van der Waals surface area contributed by atoms with Gasteiger partial charge in [-0.2, -0.15) is 0 Å². The van der Waals surface area contributed by atoms with E-state index in [1.54, 1.807) is 13.0 Å². The van der Waals surface area contributed by atoms with E-state index in [-0.39, 0.29) is 24.7 Å². The zero-order valence-electron chi connectivity index (χ0n) is 19.9. The van der Waals surface area contributed by atoms with Gasteiger partial charge in [0.2, 0.25) is 0 Å². The van der Waals surface area contributed by atoms with E-state index in [0.29, 0.717) is 12.4 Å². The Labute approximate surface area is 200 Å². The Hall–Kier alpha value is -3.33. The van der Waals surface area contributed by atoms with E-state index >= 15 is 0 Å². The average molecular weight is 472 g/mol. The van der Waals surface area contributed by atoms with Crippen molar-refractivity contribution < 1.29 is 23.9 Å². The topological polar surface area (TPSA) is 94.4 Å². The second-order valence-corrected chi connectivity index (χ2v) is 8.15. The number of nitro benzene ring substituents is 1. The molecule has 2 aromatic carbocycles. The quantitative estimate of drug-likeness (QED) is 0.200. The number of anilines is 1. The lowest BCUT2D eigenvalue weighted by atomic mass is 10.1. The number of carbonyl (C=O) groups is 1. The Balaban J connectivity index is 1.38. The molecule has 1 saturated heterocycles. The van der Waals surface area contributed by atoms with Crippen molar-refractivity contribution in [2.45, 2.75) is 26.7 Å². The first kappa shape index (κ1) is 25.3. The summed E-state index contributed by atoms with van der Waals surface area (Å²) in [5.41, 5.74) is 2.39. The number of hydrogen-bond donors (Lipinski definition) is 0. The van der Waals surface area contributed by atoms with Crippen LogP contribution in [0.4, 0.5) is 11.4 Å². The van der Waals surface area contributed by atoms with E-state index in [9.17, 15) is 14.9 Å². The molecule has 1 heterocycles. The van der Waals surface area contributed by atoms with Crippen molar-refractivity contribution in [3.63, 3.8) is 0 Å². The van der Waals surface area contributed by atoms with Gasteiger partial charge in [-0.3, -0.25) is 15.0 Å². The molecule has 0 spiro atoms. The van der Waals surface area contributed by atoms with Crippen molar-refractivity contribution >= 4 is 17.3 Å². The number of para-hydroxylation sites is 1. The highest BCUT2D eigenvalue weighted by Crippen LogP contribution is 2.31. The number of esters is 1. The van der Waals surface area contributed by atoms with Crippen molar-refractivity contribution in [1.29, 1.82) is 0 Å². The maximum atomic E-state index is 11.4. The largest absolute Gasteiger partial charge is 0.493 e. The van der Waals surface area contributed by atoms with Gasteiger partial charge < -0.3 is 19.1 Å². The van der Waals surface area contributed by atoms with Crippen LogP contribution in [0.3, 0.4) is 0 Å². The normalized spacial score (nSPS) is 14.0. The predicted molar refractivity (Wildman–Crippen MR) is 130 cm³/mol. The molecular formula is C25H33N3O6. The van der Waals surface area contributed by atoms with E-state index in [1.807, 2.05) is 0 Å². The smallest absolute Gasteiger partial charge is 0.344 e. The van der Waals surface area contributed by atoms with Crippen molar-refractivity contribution in [3.8, 4) is 11.5 Å². The number of benzene rings is 2. The first-order valence-electron chi connectivity index (χ1n) is 11.7. The van der Waals surface area contributed by atoms with Gasteiger partial charge >= 0.3 is 11.7 Å². The minimum absolute atomic E-state index is 0.00948. The third kappa shape index (κ3) is 7.34. The Morgan fingerprint density at radius 2 is 1.82 bits per heavy atom. The molecule has 9 heteroatoms. The lowest BCUT2D eigenvalue weighted by Crippen LogP contribution is -2.46. The molecule has 0 aromatic heterocycles. The number of nitrogens with zero attached hydrogens (tertiary/aromatic N) is 3. The van der Waals surface area contributed by atoms with E-state index in [2.05, 4.69) is 41.0 Å². The molecule has 184 valence electrons. The van der Waals surface area contributed by atoms with Crippen LogP contribution in [-0.2, 0) is 9.53 Å². The minimum atomic E-state index is -0.575. The third-order valence-corrected chi connectivity index (χ3v) is 5.74. The molecule has 0 radical (unpaired) electrons. The first-order chi connectivity index (χ1) is 16.5. The summed E-state index contributed by atoms with van der Waals surface area (Å²) in [4.78, 5) is 27.2. The summed E-state index contributed by atoms with van der Waals surface area (Å²) in [5.74, 6) is -0.161. The highest BCUT2D eigenvalue weighted by molar-refractivity contribution is 5.71. The Kier molecular flexibility index (Phi) is 9.51. The summed E-state index contributed by atoms with van der Waals surface area (Å²) in [7, 11) is 0. The maximum Gasteiger partial charge on any atom is 0.344 e. The lowest BCUT2D eigenvalue weighted by molar-refractivity contribution is -0.385. The first-order valence-corrected chi connectivity index (χ1v) is 11.7. The molecule has 1 fully saturated rings. The molecule has 0 aliphatic carbocycles. The van der Waals surface area contributed by atoms with Crippen LogP contribution < -0.4 is 14.4 Å². The highest BCUT2D eigenvalue weighted by atomic mass is 16.6. The van der Waals surface area contributed by atoms with Crippen molar-refractivity contribution in [2.75, 3.05) is 57.4 Å². The van der Waals surface area contributed by atoms with Crippen LogP contribution in [0.5, 0.6) is 11.5 Å². The van der Waals surface area contributed by atoms with Crippen LogP contribution in [0.25, 0.3) is 0 Å². The van der Waals surface area contributed by atoms with Crippen LogP contribution in [0, 0.1) is 17.0 Å².